The van der Waals surface area contributed by atoms with Crippen LogP contribution in [0.4, 0.5) is 13.2 Å². The molecule has 8 heteroatoms. The molecule has 2 rings (SSSR count). The first kappa shape index (κ1) is 18.1. The molecule has 0 aromatic heterocycles. The minimum atomic E-state index is -4.43. The summed E-state index contributed by atoms with van der Waals surface area (Å²) >= 11 is 0. The molecule has 24 heavy (non-hydrogen) atoms. The predicted molar refractivity (Wildman–Crippen MR) is 78.9 cm³/mol. The number of hydrogen-bond acceptors (Lipinski definition) is 3. The van der Waals surface area contributed by atoms with Gasteiger partial charge in [0.25, 0.3) is 5.91 Å². The zero-order valence-electron chi connectivity index (χ0n) is 13.0. The van der Waals surface area contributed by atoms with E-state index < -0.39 is 24.7 Å². The van der Waals surface area contributed by atoms with Crippen molar-refractivity contribution >= 4 is 11.9 Å². The molecule has 1 fully saturated rings. The number of carbonyl (C=O) groups is 2. The number of piperidine rings is 1. The van der Waals surface area contributed by atoms with Gasteiger partial charge in [-0.2, -0.15) is 13.2 Å². The van der Waals surface area contributed by atoms with Gasteiger partial charge >= 0.3 is 12.1 Å². The molecule has 2 unspecified atom stereocenters. The minimum absolute atomic E-state index is 0.0129. The fourth-order valence-electron chi connectivity index (χ4n) is 2.62. The van der Waals surface area contributed by atoms with Crippen molar-refractivity contribution in [3.63, 3.8) is 0 Å². The monoisotopic (exact) mass is 345 g/mol. The third kappa shape index (κ3) is 4.62. The number of hydrogen-bond donors (Lipinski definition) is 1. The lowest BCUT2D eigenvalue weighted by Crippen LogP contribution is -2.47. The molecule has 1 aliphatic rings. The topological polar surface area (TPSA) is 66.8 Å². The van der Waals surface area contributed by atoms with Crippen LogP contribution in [0.15, 0.2) is 24.3 Å². The van der Waals surface area contributed by atoms with Crippen molar-refractivity contribution in [3.8, 4) is 5.75 Å². The molecule has 0 saturated carbocycles. The van der Waals surface area contributed by atoms with Gasteiger partial charge in [0.1, 0.15) is 5.75 Å². The van der Waals surface area contributed by atoms with Crippen LogP contribution in [0.3, 0.4) is 0 Å². The number of carboxylic acid groups (broad SMARTS) is 1. The van der Waals surface area contributed by atoms with E-state index in [1.807, 2.05) is 6.92 Å². The standard InChI is InChI=1S/C16H18F3NO4/c1-10-2-3-12(15(22)23)8-20(10)14(21)11-4-6-13(7-5-11)24-9-16(17,18)19/h4-7,10,12H,2-3,8-9H2,1H3,(H,22,23). The summed E-state index contributed by atoms with van der Waals surface area (Å²) in [5, 5.41) is 9.11. The zero-order chi connectivity index (χ0) is 17.9. The number of aliphatic carboxylic acids is 1. The first-order valence-corrected chi connectivity index (χ1v) is 7.51. The predicted octanol–water partition coefficient (Wildman–Crippen LogP) is 2.95. The van der Waals surface area contributed by atoms with E-state index in [4.69, 9.17) is 5.11 Å². The van der Waals surface area contributed by atoms with Crippen molar-refractivity contribution in [1.29, 1.82) is 0 Å². The van der Waals surface area contributed by atoms with Crippen molar-refractivity contribution < 1.29 is 32.6 Å². The maximum Gasteiger partial charge on any atom is 0.422 e. The lowest BCUT2D eigenvalue weighted by molar-refractivity contribution is -0.153. The number of benzene rings is 1. The highest BCUT2D eigenvalue weighted by atomic mass is 19.4. The number of alkyl halides is 3. The van der Waals surface area contributed by atoms with Crippen LogP contribution in [-0.4, -0.2) is 47.3 Å². The average Bonchev–Trinajstić information content (AvgIpc) is 2.52. The molecule has 1 N–H and O–H groups in total. The van der Waals surface area contributed by atoms with Crippen LogP contribution in [-0.2, 0) is 4.79 Å². The third-order valence-electron chi connectivity index (χ3n) is 4.00. The SMILES string of the molecule is CC1CCC(C(=O)O)CN1C(=O)c1ccc(OCC(F)(F)F)cc1. The third-order valence-corrected chi connectivity index (χ3v) is 4.00. The van der Waals surface area contributed by atoms with Crippen molar-refractivity contribution in [2.24, 2.45) is 5.92 Å². The summed E-state index contributed by atoms with van der Waals surface area (Å²) in [7, 11) is 0. The van der Waals surface area contributed by atoms with Gasteiger partial charge in [-0.1, -0.05) is 0 Å². The van der Waals surface area contributed by atoms with Crippen molar-refractivity contribution in [2.45, 2.75) is 32.0 Å². The van der Waals surface area contributed by atoms with E-state index in [9.17, 15) is 22.8 Å². The molecular weight excluding hydrogens is 327 g/mol. The van der Waals surface area contributed by atoms with Crippen LogP contribution in [0.2, 0.25) is 0 Å². The minimum Gasteiger partial charge on any atom is -0.484 e. The molecule has 2 atom stereocenters. The first-order chi connectivity index (χ1) is 11.2. The summed E-state index contributed by atoms with van der Waals surface area (Å²) in [6.45, 7) is 0.572. The Balaban J connectivity index is 2.04. The van der Waals surface area contributed by atoms with Gasteiger partial charge < -0.3 is 14.7 Å². The second kappa shape index (κ2) is 7.11. The summed E-state index contributed by atoms with van der Waals surface area (Å²) < 4.78 is 40.9. The summed E-state index contributed by atoms with van der Waals surface area (Å²) in [5.41, 5.74) is 0.284. The van der Waals surface area contributed by atoms with Crippen molar-refractivity contribution in [2.75, 3.05) is 13.2 Å². The number of rotatable bonds is 4. The number of carboxylic acids is 1. The van der Waals surface area contributed by atoms with Crippen LogP contribution in [0.5, 0.6) is 5.75 Å². The molecule has 1 amide bonds. The van der Waals surface area contributed by atoms with Gasteiger partial charge in [-0.25, -0.2) is 0 Å². The van der Waals surface area contributed by atoms with Crippen molar-refractivity contribution in [3.05, 3.63) is 29.8 Å². The van der Waals surface area contributed by atoms with E-state index in [0.29, 0.717) is 12.8 Å². The smallest absolute Gasteiger partial charge is 0.422 e. The summed E-state index contributed by atoms with van der Waals surface area (Å²) in [5.74, 6) is -1.86. The van der Waals surface area contributed by atoms with E-state index in [0.717, 1.165) is 0 Å². The molecule has 1 heterocycles. The number of amides is 1. The zero-order valence-corrected chi connectivity index (χ0v) is 13.0. The Morgan fingerprint density at radius 2 is 1.88 bits per heavy atom. The van der Waals surface area contributed by atoms with Crippen molar-refractivity contribution in [1.82, 2.24) is 4.90 Å². The molecule has 0 spiro atoms. The number of likely N-dealkylation sites (tertiary alicyclic amines) is 1. The lowest BCUT2D eigenvalue weighted by Gasteiger charge is -2.36. The van der Waals surface area contributed by atoms with E-state index in [1.54, 1.807) is 0 Å². The number of halogens is 3. The van der Waals surface area contributed by atoms with Crippen LogP contribution in [0.1, 0.15) is 30.1 Å². The first-order valence-electron chi connectivity index (χ1n) is 7.51. The Kier molecular flexibility index (Phi) is 5.36. The molecule has 0 radical (unpaired) electrons. The van der Waals surface area contributed by atoms with Crippen LogP contribution < -0.4 is 4.74 Å². The Bertz CT molecular complexity index is 600. The molecule has 1 saturated heterocycles. The molecule has 1 aliphatic heterocycles. The number of carbonyl (C=O) groups excluding carboxylic acids is 1. The molecule has 1 aromatic carbocycles. The van der Waals surface area contributed by atoms with E-state index in [1.165, 1.54) is 29.2 Å². The quantitative estimate of drug-likeness (QED) is 0.911. The second-order valence-electron chi connectivity index (χ2n) is 5.85. The van der Waals surface area contributed by atoms with E-state index in [2.05, 4.69) is 4.74 Å². The molecular formula is C16H18F3NO4. The largest absolute Gasteiger partial charge is 0.484 e. The fourth-order valence-corrected chi connectivity index (χ4v) is 2.62. The molecule has 132 valence electrons. The highest BCUT2D eigenvalue weighted by molar-refractivity contribution is 5.95. The number of ether oxygens (including phenoxy) is 1. The molecule has 5 nitrogen and oxygen atoms in total. The Morgan fingerprint density at radius 3 is 2.42 bits per heavy atom. The Labute approximate surface area is 137 Å². The molecule has 1 aromatic rings. The molecule has 0 bridgehead atoms. The number of nitrogens with zero attached hydrogens (tertiary/aromatic N) is 1. The summed E-state index contributed by atoms with van der Waals surface area (Å²) in [6, 6.07) is 5.26. The summed E-state index contributed by atoms with van der Waals surface area (Å²) in [4.78, 5) is 25.1. The van der Waals surface area contributed by atoms with Crippen LogP contribution in [0, 0.1) is 5.92 Å². The highest BCUT2D eigenvalue weighted by Crippen LogP contribution is 2.25. The maximum absolute atomic E-state index is 12.5. The van der Waals surface area contributed by atoms with Gasteiger partial charge in [0.2, 0.25) is 0 Å². The lowest BCUT2D eigenvalue weighted by atomic mass is 9.93. The Hall–Kier alpha value is -2.25. The fraction of sp³-hybridized carbons (Fsp3) is 0.500. The maximum atomic E-state index is 12.5. The van der Waals surface area contributed by atoms with Gasteiger partial charge in [0, 0.05) is 18.2 Å². The van der Waals surface area contributed by atoms with Gasteiger partial charge in [-0.15, -0.1) is 0 Å². The van der Waals surface area contributed by atoms with E-state index in [-0.39, 0.29) is 29.8 Å². The van der Waals surface area contributed by atoms with Crippen LogP contribution >= 0.6 is 0 Å². The second-order valence-corrected chi connectivity index (χ2v) is 5.85. The normalized spacial score (nSPS) is 21.4. The summed E-state index contributed by atoms with van der Waals surface area (Å²) in [6.07, 6.45) is -3.32. The van der Waals surface area contributed by atoms with Gasteiger partial charge in [-0.3, -0.25) is 9.59 Å². The Morgan fingerprint density at radius 1 is 1.25 bits per heavy atom. The van der Waals surface area contributed by atoms with Crippen LogP contribution in [0.25, 0.3) is 0 Å². The average molecular weight is 345 g/mol. The van der Waals surface area contributed by atoms with Gasteiger partial charge in [0.05, 0.1) is 5.92 Å². The van der Waals surface area contributed by atoms with E-state index >= 15 is 0 Å². The van der Waals surface area contributed by atoms with Gasteiger partial charge in [0.15, 0.2) is 6.61 Å². The highest BCUT2D eigenvalue weighted by Gasteiger charge is 2.33. The molecule has 0 aliphatic carbocycles. The van der Waals surface area contributed by atoms with Gasteiger partial charge in [-0.05, 0) is 44.0 Å².